The second kappa shape index (κ2) is 87.2. The van der Waals surface area contributed by atoms with Crippen LogP contribution in [0.25, 0.3) is 0 Å². The molecule has 148 heavy (non-hydrogen) atoms. The molecule has 0 aromatic carbocycles. The van der Waals surface area contributed by atoms with Gasteiger partial charge in [0.15, 0.2) is 50.0 Å². The molecule has 0 aromatic heterocycles. The van der Waals surface area contributed by atoms with E-state index in [1.807, 2.05) is 19.0 Å². The number of quaternary nitrogens is 1. The fourth-order valence-electron chi connectivity index (χ4n) is 18.3. The smallest absolute Gasteiger partial charge is 1.00 e. The van der Waals surface area contributed by atoms with E-state index in [-0.39, 0.29) is 139 Å². The van der Waals surface area contributed by atoms with E-state index in [0.29, 0.717) is 120 Å². The van der Waals surface area contributed by atoms with E-state index in [0.717, 1.165) is 141 Å². The molecule has 0 saturated carbocycles. The summed E-state index contributed by atoms with van der Waals surface area (Å²) in [6.45, 7) is 19.9. The second-order valence-corrected chi connectivity index (χ2v) is 40.9. The number of carbonyl (C=O) groups is 12. The Balaban J connectivity index is 0.00000123. The van der Waals surface area contributed by atoms with Crippen molar-refractivity contribution in [1.82, 2.24) is 26.2 Å². The number of unbranched alkanes of at least 4 members (excludes halogenated alkanes) is 28. The molecule has 36 heteroatoms. The van der Waals surface area contributed by atoms with Gasteiger partial charge < -0.3 is 136 Å². The zero-order valence-electron chi connectivity index (χ0n) is 93.1. The van der Waals surface area contributed by atoms with Gasteiger partial charge in [0.2, 0.25) is 23.6 Å². The topological polar surface area (TPSA) is 399 Å². The molecular formula is C112H192ClI2N6NaO26. The van der Waals surface area contributed by atoms with Crippen LogP contribution in [0.5, 0.6) is 0 Å². The SMILES string of the molecule is CC(=O)OCC1O[C@H](CCCCl)C(OC(C)=O)[C@@H](OC(C)=O)[C@@H]1OC(C)=O.CCCCCC1OC1CC=CCCCCCCCC(=O)NCN(C)CNC(=O)CCCCCCCC=CCC1OC1CCCCC.CCCCCC1OC1CC=CCCCCCCCC(=O)NC[N+](C)(CCC[C@H]1OC(COC(C)=O)[C@H](OC(C)=O)[C@H](OC(C)=O)C1OC(C)=O)CNC(=O)CCCCCCCC=CCC1OC1CCCCC.[I-].[I-].[Na+]. The molecule has 12 unspecified atom stereocenters. The van der Waals surface area contributed by atoms with Crippen LogP contribution < -0.4 is 98.8 Å². The van der Waals surface area contributed by atoms with E-state index in [1.165, 1.54) is 197 Å². The average molecular weight is 2350 g/mol. The maximum absolute atomic E-state index is 13.2. The molecule has 6 aliphatic rings. The molecule has 6 aliphatic heterocycles. The number of hydrogen-bond donors (Lipinski definition) is 4. The van der Waals surface area contributed by atoms with Gasteiger partial charge in [0, 0.05) is 87.0 Å². The van der Waals surface area contributed by atoms with E-state index in [1.54, 1.807) is 0 Å². The molecule has 6 rings (SSSR count). The number of allylic oxidation sites excluding steroid dienone is 4. The van der Waals surface area contributed by atoms with Crippen molar-refractivity contribution in [3.05, 3.63) is 48.6 Å². The Morgan fingerprint density at radius 3 is 0.784 bits per heavy atom. The fourth-order valence-corrected chi connectivity index (χ4v) is 18.5. The van der Waals surface area contributed by atoms with Crippen LogP contribution in [-0.2, 0) is 124 Å². The van der Waals surface area contributed by atoms with Crippen LogP contribution in [-0.4, -0.2) is 257 Å². The summed E-state index contributed by atoms with van der Waals surface area (Å²) in [7, 11) is 3.88. The summed E-state index contributed by atoms with van der Waals surface area (Å²) in [4.78, 5) is 147. The first-order valence-electron chi connectivity index (χ1n) is 55.8. The quantitative estimate of drug-likeness (QED) is 0.00420. The predicted octanol–water partition coefficient (Wildman–Crippen LogP) is 10.8. The van der Waals surface area contributed by atoms with Gasteiger partial charge in [-0.15, -0.1) is 11.6 Å². The molecule has 0 bridgehead atoms. The Bertz CT molecular complexity index is 3630. The zero-order valence-corrected chi connectivity index (χ0v) is 100. The van der Waals surface area contributed by atoms with Crippen LogP contribution in [0.4, 0.5) is 0 Å². The van der Waals surface area contributed by atoms with Gasteiger partial charge in [0.05, 0.1) is 88.0 Å². The predicted molar refractivity (Wildman–Crippen MR) is 559 cm³/mol. The Hall–Kier alpha value is -4.97. The molecule has 4 N–H and O–H groups in total. The first-order chi connectivity index (χ1) is 69.8. The molecule has 0 aliphatic carbocycles. The minimum Gasteiger partial charge on any atom is -1.00 e. The van der Waals surface area contributed by atoms with Crippen molar-refractivity contribution >= 4 is 83.0 Å². The molecule has 0 aromatic rings. The molecule has 0 radical (unpaired) electrons. The first-order valence-corrected chi connectivity index (χ1v) is 56.3. The van der Waals surface area contributed by atoms with Gasteiger partial charge in [0.1, 0.15) is 25.4 Å². The third-order valence-corrected chi connectivity index (χ3v) is 27.0. The Morgan fingerprint density at radius 2 is 0.520 bits per heavy atom. The van der Waals surface area contributed by atoms with Crippen LogP contribution in [0.2, 0.25) is 0 Å². The number of nitrogens with one attached hydrogen (secondary N) is 4. The van der Waals surface area contributed by atoms with Crippen LogP contribution in [0.1, 0.15) is 417 Å². The summed E-state index contributed by atoms with van der Waals surface area (Å²) in [5.74, 6) is -4.70. The van der Waals surface area contributed by atoms with Gasteiger partial charge >= 0.3 is 77.3 Å². The molecular weight excluding hydrogens is 2160 g/mol. The largest absolute Gasteiger partial charge is 1.00 e. The van der Waals surface area contributed by atoms with Crippen molar-refractivity contribution in [2.75, 3.05) is 66.4 Å². The molecule has 18 atom stereocenters. The Kier molecular flexibility index (Phi) is 83.1. The maximum Gasteiger partial charge on any atom is 1.00 e. The van der Waals surface area contributed by atoms with E-state index >= 15 is 0 Å². The van der Waals surface area contributed by atoms with E-state index < -0.39 is 109 Å². The van der Waals surface area contributed by atoms with Gasteiger partial charge in [0.25, 0.3) is 0 Å². The summed E-state index contributed by atoms with van der Waals surface area (Å²) >= 11 is 5.74. The van der Waals surface area contributed by atoms with Gasteiger partial charge in [-0.1, -0.05) is 230 Å². The second-order valence-electron chi connectivity index (χ2n) is 40.6. The number of rotatable bonds is 81. The van der Waals surface area contributed by atoms with Gasteiger partial charge in [-0.25, -0.2) is 0 Å². The third-order valence-electron chi connectivity index (χ3n) is 26.7. The average Bonchev–Trinajstić information content (AvgIpc) is 1.35. The molecule has 32 nitrogen and oxygen atoms in total. The number of hydrogen-bond acceptors (Lipinski definition) is 27. The van der Waals surface area contributed by atoms with Crippen molar-refractivity contribution < 1.29 is 206 Å². The van der Waals surface area contributed by atoms with E-state index in [9.17, 15) is 57.5 Å². The number of carbonyl (C=O) groups excluding carboxylic acids is 12. The number of ether oxygens (including phenoxy) is 14. The Labute approximate surface area is 949 Å². The molecule has 4 amide bonds. The summed E-state index contributed by atoms with van der Waals surface area (Å²) < 4.78 is 78.6. The molecule has 6 fully saturated rings. The third kappa shape index (κ3) is 70.5. The summed E-state index contributed by atoms with van der Waals surface area (Å²) in [5.41, 5.74) is 0. The number of esters is 8. The van der Waals surface area contributed by atoms with Crippen molar-refractivity contribution in [2.45, 2.75) is 527 Å². The normalized spacial score (nSPS) is 23.2. The van der Waals surface area contributed by atoms with Crippen molar-refractivity contribution in [3.63, 3.8) is 0 Å². The first kappa shape index (κ1) is 141. The number of alkyl halides is 1. The summed E-state index contributed by atoms with van der Waals surface area (Å²) in [5, 5.41) is 12.2. The summed E-state index contributed by atoms with van der Waals surface area (Å²) in [6.07, 6.45) is 65.6. The van der Waals surface area contributed by atoms with Crippen LogP contribution in [0.15, 0.2) is 48.6 Å². The van der Waals surface area contributed by atoms with Crippen LogP contribution in [0, 0.1) is 0 Å². The van der Waals surface area contributed by atoms with Gasteiger partial charge in [-0.2, -0.15) is 0 Å². The molecule has 6 heterocycles. The molecule has 848 valence electrons. The van der Waals surface area contributed by atoms with Crippen LogP contribution in [0.3, 0.4) is 0 Å². The van der Waals surface area contributed by atoms with Crippen molar-refractivity contribution in [1.29, 1.82) is 0 Å². The van der Waals surface area contributed by atoms with Gasteiger partial charge in [-0.3, -0.25) is 66.9 Å². The maximum atomic E-state index is 13.2. The minimum absolute atomic E-state index is 0. The van der Waals surface area contributed by atoms with Crippen molar-refractivity contribution in [3.8, 4) is 0 Å². The number of halogens is 3. The number of amides is 4. The number of nitrogens with zero attached hydrogens (tertiary/aromatic N) is 2. The molecule has 6 saturated heterocycles. The van der Waals surface area contributed by atoms with Crippen molar-refractivity contribution in [2.24, 2.45) is 0 Å². The minimum atomic E-state index is -1.25. The number of epoxide rings is 4. The van der Waals surface area contributed by atoms with Gasteiger partial charge in [-0.05, 0) is 161 Å². The monoisotopic (exact) mass is 2350 g/mol. The zero-order chi connectivity index (χ0) is 106. The standard InChI is InChI=1S/C56H95N3O13.C39H71N3O4.C17H25ClO9.2HI.Na/c1-8-10-24-31-46-48(70-46)33-26-20-16-12-14-18-22-28-36-52(64)57-40-59(7,41-58-53(65)37-29-23-19-15-13-17-21-27-34-49-47(71-49)32-25-11-9-2)38-30-35-50-54(67-43(4)61)56(69-45(6)63)55(68-44(5)62)51(72-50)39-66-42(3)60;1-4-6-20-26-34-36(45-34)28-22-16-12-8-10-14-18-24-30-38(43)40-32-42(3)33-41-39(44)31-25-19-15-11-9-13-17-23-29-37-35(46-37)27-21-7-5-2;1-9(19)23-8-14-16(25-11(3)21)17(26-12(4)22)15(24-10(2)20)13(27-14)6-5-7-18;;;/h20-21,26-27,46-51,54-56H,8-19,22-25,28-41H2,1-7H3,(H-,57,58,64,65);16-17,22-23,34-37H,4-15,18-21,24-33H2,1-3H3,(H,40,43)(H,41,44);13-17H,5-8H2,1-4H3;2*1H;/q;;;;;+1/p-1/t46?,47?,48?,49?,50-,51?,54?,55+,56-,59?;;13-,14?,15?,16-,17-;;;/m1.1.../s1. The summed E-state index contributed by atoms with van der Waals surface area (Å²) in [6, 6.07) is 0. The Morgan fingerprint density at radius 1 is 0.284 bits per heavy atom. The fraction of sp³-hybridized carbons (Fsp3) is 0.821. The molecule has 0 spiro atoms. The van der Waals surface area contributed by atoms with Crippen LogP contribution >= 0.6 is 11.6 Å². The van der Waals surface area contributed by atoms with E-state index in [4.69, 9.17) is 77.9 Å². The van der Waals surface area contributed by atoms with E-state index in [2.05, 4.69) is 97.6 Å².